The van der Waals surface area contributed by atoms with Crippen LogP contribution in [0.3, 0.4) is 0 Å². The molecule has 0 fully saturated rings. The smallest absolute Gasteiger partial charge is 0.244 e. The summed E-state index contributed by atoms with van der Waals surface area (Å²) in [6.07, 6.45) is 0.196. The summed E-state index contributed by atoms with van der Waals surface area (Å²) in [6, 6.07) is 22.0. The summed E-state index contributed by atoms with van der Waals surface area (Å²) in [5, 5.41) is 4.92. The van der Waals surface area contributed by atoms with Gasteiger partial charge in [-0.15, -0.1) is 0 Å². The normalized spacial score (nSPS) is 11.8. The highest BCUT2D eigenvalue weighted by atomic mass is 16.2. The summed E-state index contributed by atoms with van der Waals surface area (Å²) in [7, 11) is 0. The molecule has 0 saturated heterocycles. The van der Waals surface area contributed by atoms with E-state index in [1.54, 1.807) is 24.3 Å². The van der Waals surface area contributed by atoms with Crippen LogP contribution in [0.15, 0.2) is 72.8 Å². The van der Waals surface area contributed by atoms with Crippen LogP contribution < -0.4 is 11.1 Å². The van der Waals surface area contributed by atoms with Crippen LogP contribution in [0, 0.1) is 0 Å². The van der Waals surface area contributed by atoms with Crippen LogP contribution in [0.1, 0.15) is 17.2 Å². The van der Waals surface area contributed by atoms with Gasteiger partial charge in [-0.05, 0) is 21.9 Å². The van der Waals surface area contributed by atoms with Crippen LogP contribution in [-0.4, -0.2) is 11.8 Å². The second-order valence-electron chi connectivity index (χ2n) is 5.67. The fraction of sp³-hybridized carbons (Fsp3) is 0.100. The first-order chi connectivity index (χ1) is 11.6. The number of primary amides is 1. The molecular weight excluding hydrogens is 300 g/mol. The molecule has 1 atom stereocenters. The predicted octanol–water partition coefficient (Wildman–Crippen LogP) is 2.73. The van der Waals surface area contributed by atoms with Crippen LogP contribution in [0.4, 0.5) is 0 Å². The summed E-state index contributed by atoms with van der Waals surface area (Å²) >= 11 is 0. The molecule has 3 rings (SSSR count). The molecule has 0 unspecified atom stereocenters. The zero-order chi connectivity index (χ0) is 16.9. The van der Waals surface area contributed by atoms with Gasteiger partial charge in [-0.2, -0.15) is 0 Å². The average molecular weight is 318 g/mol. The van der Waals surface area contributed by atoms with E-state index in [2.05, 4.69) is 5.32 Å². The van der Waals surface area contributed by atoms with Crippen LogP contribution in [0.5, 0.6) is 0 Å². The molecule has 0 bridgehead atoms. The van der Waals surface area contributed by atoms with Crippen molar-refractivity contribution in [3.63, 3.8) is 0 Å². The molecule has 0 spiro atoms. The van der Waals surface area contributed by atoms with Gasteiger partial charge in [0, 0.05) is 0 Å². The van der Waals surface area contributed by atoms with Crippen molar-refractivity contribution in [2.75, 3.05) is 0 Å². The number of benzene rings is 3. The van der Waals surface area contributed by atoms with Gasteiger partial charge in [-0.1, -0.05) is 72.8 Å². The molecule has 24 heavy (non-hydrogen) atoms. The van der Waals surface area contributed by atoms with Crippen molar-refractivity contribution in [3.8, 4) is 0 Å². The van der Waals surface area contributed by atoms with Crippen LogP contribution in [0.2, 0.25) is 0 Å². The largest absolute Gasteiger partial charge is 0.368 e. The van der Waals surface area contributed by atoms with Gasteiger partial charge < -0.3 is 11.1 Å². The Morgan fingerprint density at radius 3 is 2.25 bits per heavy atom. The van der Waals surface area contributed by atoms with Crippen molar-refractivity contribution in [1.82, 2.24) is 5.32 Å². The Morgan fingerprint density at radius 2 is 1.54 bits per heavy atom. The third kappa shape index (κ3) is 3.60. The third-order valence-corrected chi connectivity index (χ3v) is 3.90. The number of nitrogens with one attached hydrogen (secondary N) is 1. The summed E-state index contributed by atoms with van der Waals surface area (Å²) < 4.78 is 0. The first kappa shape index (κ1) is 15.7. The van der Waals surface area contributed by atoms with Crippen molar-refractivity contribution in [2.45, 2.75) is 12.5 Å². The lowest BCUT2D eigenvalue weighted by Gasteiger charge is -2.16. The lowest BCUT2D eigenvalue weighted by Crippen LogP contribution is -2.38. The van der Waals surface area contributed by atoms with Crippen molar-refractivity contribution in [2.24, 2.45) is 5.73 Å². The predicted molar refractivity (Wildman–Crippen MR) is 94.2 cm³/mol. The fourth-order valence-electron chi connectivity index (χ4n) is 2.71. The number of amides is 2. The topological polar surface area (TPSA) is 72.2 Å². The molecule has 120 valence electrons. The maximum Gasteiger partial charge on any atom is 0.244 e. The Kier molecular flexibility index (Phi) is 4.57. The van der Waals surface area contributed by atoms with Crippen molar-refractivity contribution < 1.29 is 9.59 Å². The Balaban J connectivity index is 1.74. The molecule has 4 nitrogen and oxygen atoms in total. The van der Waals surface area contributed by atoms with Gasteiger partial charge in [0.15, 0.2) is 0 Å². The highest BCUT2D eigenvalue weighted by Crippen LogP contribution is 2.17. The molecule has 0 radical (unpaired) electrons. The molecule has 4 heteroatoms. The number of hydrogen-bond donors (Lipinski definition) is 2. The molecule has 0 heterocycles. The van der Waals surface area contributed by atoms with Gasteiger partial charge in [0.2, 0.25) is 11.8 Å². The van der Waals surface area contributed by atoms with Gasteiger partial charge in [0.25, 0.3) is 0 Å². The van der Waals surface area contributed by atoms with Gasteiger partial charge >= 0.3 is 0 Å². The van der Waals surface area contributed by atoms with E-state index >= 15 is 0 Å². The Morgan fingerprint density at radius 1 is 0.875 bits per heavy atom. The monoisotopic (exact) mass is 318 g/mol. The van der Waals surface area contributed by atoms with Gasteiger partial charge in [0.1, 0.15) is 6.04 Å². The Labute approximate surface area is 140 Å². The summed E-state index contributed by atoms with van der Waals surface area (Å²) in [5.41, 5.74) is 7.00. The molecular formula is C20H18N2O2. The number of fused-ring (bicyclic) bond motifs is 1. The highest BCUT2D eigenvalue weighted by Gasteiger charge is 2.19. The number of rotatable bonds is 5. The minimum atomic E-state index is -0.820. The molecule has 3 aromatic carbocycles. The minimum Gasteiger partial charge on any atom is -0.368 e. The minimum absolute atomic E-state index is 0.196. The second-order valence-corrected chi connectivity index (χ2v) is 5.67. The summed E-state index contributed by atoms with van der Waals surface area (Å²) in [6.45, 7) is 0. The molecule has 0 saturated carbocycles. The quantitative estimate of drug-likeness (QED) is 0.759. The molecule has 3 N–H and O–H groups in total. The highest BCUT2D eigenvalue weighted by molar-refractivity contribution is 5.89. The maximum atomic E-state index is 12.3. The number of carbonyl (C=O) groups is 2. The van der Waals surface area contributed by atoms with Crippen LogP contribution in [-0.2, 0) is 16.0 Å². The van der Waals surface area contributed by atoms with Crippen LogP contribution in [0.25, 0.3) is 10.8 Å². The maximum absolute atomic E-state index is 12.3. The molecule has 0 aliphatic carbocycles. The Bertz CT molecular complexity index is 875. The third-order valence-electron chi connectivity index (χ3n) is 3.90. The van der Waals surface area contributed by atoms with E-state index in [1.165, 1.54) is 0 Å². The van der Waals surface area contributed by atoms with Gasteiger partial charge in [0.05, 0.1) is 6.42 Å². The van der Waals surface area contributed by atoms with E-state index in [9.17, 15) is 9.59 Å². The number of carbonyl (C=O) groups excluding carboxylic acids is 2. The standard InChI is InChI=1S/C20H18N2O2/c21-20(24)19(16-7-2-1-3-8-16)22-18(23)13-14-10-11-15-6-4-5-9-17(15)12-14/h1-12,19H,13H2,(H2,21,24)(H,22,23)/t19-/m0/s1. The zero-order valence-corrected chi connectivity index (χ0v) is 13.1. The van der Waals surface area contributed by atoms with Crippen molar-refractivity contribution in [3.05, 3.63) is 83.9 Å². The van der Waals surface area contributed by atoms with E-state index < -0.39 is 11.9 Å². The fourth-order valence-corrected chi connectivity index (χ4v) is 2.71. The lowest BCUT2D eigenvalue weighted by atomic mass is 10.0. The average Bonchev–Trinajstić information content (AvgIpc) is 2.60. The van der Waals surface area contributed by atoms with E-state index in [4.69, 9.17) is 5.73 Å². The molecule has 0 aromatic heterocycles. The van der Waals surface area contributed by atoms with Crippen LogP contribution >= 0.6 is 0 Å². The molecule has 0 aliphatic rings. The van der Waals surface area contributed by atoms with E-state index in [1.807, 2.05) is 48.5 Å². The Hall–Kier alpha value is -3.14. The van der Waals surface area contributed by atoms with Crippen molar-refractivity contribution >= 4 is 22.6 Å². The summed E-state index contributed by atoms with van der Waals surface area (Å²) in [5.74, 6) is -0.814. The number of nitrogens with two attached hydrogens (primary N) is 1. The first-order valence-corrected chi connectivity index (χ1v) is 7.75. The first-order valence-electron chi connectivity index (χ1n) is 7.75. The number of hydrogen-bond acceptors (Lipinski definition) is 2. The van der Waals surface area contributed by atoms with E-state index in [-0.39, 0.29) is 12.3 Å². The molecule has 3 aromatic rings. The van der Waals surface area contributed by atoms with Crippen molar-refractivity contribution in [1.29, 1.82) is 0 Å². The van der Waals surface area contributed by atoms with E-state index in [0.29, 0.717) is 5.56 Å². The molecule has 2 amide bonds. The zero-order valence-electron chi connectivity index (χ0n) is 13.1. The summed E-state index contributed by atoms with van der Waals surface area (Å²) in [4.78, 5) is 24.0. The molecule has 0 aliphatic heterocycles. The lowest BCUT2D eigenvalue weighted by molar-refractivity contribution is -0.127. The second kappa shape index (κ2) is 6.96. The van der Waals surface area contributed by atoms with Gasteiger partial charge in [-0.3, -0.25) is 9.59 Å². The SMILES string of the molecule is NC(=O)[C@@H](NC(=O)Cc1ccc2ccccc2c1)c1ccccc1. The van der Waals surface area contributed by atoms with Gasteiger partial charge in [-0.25, -0.2) is 0 Å². The van der Waals surface area contributed by atoms with E-state index in [0.717, 1.165) is 16.3 Å².